The minimum Gasteiger partial charge on any atom is -0.309 e. The number of nitrogens with zero attached hydrogens (tertiary/aromatic N) is 6. The van der Waals surface area contributed by atoms with Crippen molar-refractivity contribution in [3.63, 3.8) is 0 Å². The summed E-state index contributed by atoms with van der Waals surface area (Å²) in [4.78, 5) is 25.6. The van der Waals surface area contributed by atoms with Crippen molar-refractivity contribution in [3.05, 3.63) is 158 Å². The van der Waals surface area contributed by atoms with Gasteiger partial charge in [-0.15, -0.1) is 11.3 Å². The van der Waals surface area contributed by atoms with E-state index in [0.717, 1.165) is 59.1 Å². The fraction of sp³-hybridized carbons (Fsp3) is 0. The molecular weight excluding hydrogens is 633 g/mol. The first-order chi connectivity index (χ1) is 24.8. The molecule has 50 heavy (non-hydrogen) atoms. The molecule has 0 aliphatic heterocycles. The Morgan fingerprint density at radius 3 is 1.68 bits per heavy atom. The zero-order valence-electron chi connectivity index (χ0n) is 26.6. The molecule has 4 heterocycles. The van der Waals surface area contributed by atoms with E-state index in [4.69, 9.17) is 24.9 Å². The summed E-state index contributed by atoms with van der Waals surface area (Å²) in [5.41, 5.74) is 7.72. The molecule has 0 radical (unpaired) electrons. The molecule has 0 aliphatic carbocycles. The highest BCUT2D eigenvalue weighted by Gasteiger charge is 2.21. The maximum absolute atomic E-state index is 5.30. The van der Waals surface area contributed by atoms with Gasteiger partial charge in [-0.3, -0.25) is 0 Å². The minimum atomic E-state index is 0.514. The van der Waals surface area contributed by atoms with Crippen molar-refractivity contribution in [1.29, 1.82) is 0 Å². The third-order valence-corrected chi connectivity index (χ3v) is 10.2. The summed E-state index contributed by atoms with van der Waals surface area (Å²) in [6, 6.07) is 54.0. The van der Waals surface area contributed by atoms with Crippen molar-refractivity contribution in [2.24, 2.45) is 0 Å². The Bertz CT molecular complexity index is 2810. The van der Waals surface area contributed by atoms with Crippen LogP contribution in [0.2, 0.25) is 0 Å². The molecule has 0 aliphatic rings. The van der Waals surface area contributed by atoms with E-state index in [9.17, 15) is 0 Å². The monoisotopic (exact) mass is 658 g/mol. The van der Waals surface area contributed by atoms with E-state index in [0.29, 0.717) is 29.0 Å². The molecule has 6 nitrogen and oxygen atoms in total. The zero-order valence-corrected chi connectivity index (χ0v) is 27.4. The lowest BCUT2D eigenvalue weighted by Crippen LogP contribution is -2.02. The molecule has 4 aromatic heterocycles. The Labute approximate surface area is 291 Å². The topological polar surface area (TPSA) is 69.4 Å². The van der Waals surface area contributed by atoms with Gasteiger partial charge in [0.15, 0.2) is 23.3 Å². The van der Waals surface area contributed by atoms with Crippen LogP contribution in [-0.2, 0) is 0 Å². The molecule has 0 atom stereocenters. The molecule has 10 rings (SSSR count). The van der Waals surface area contributed by atoms with Gasteiger partial charge in [0.05, 0.1) is 21.3 Å². The molecule has 234 valence electrons. The van der Waals surface area contributed by atoms with Gasteiger partial charge in [-0.1, -0.05) is 115 Å². The van der Waals surface area contributed by atoms with E-state index in [2.05, 4.69) is 95.6 Å². The van der Waals surface area contributed by atoms with E-state index in [-0.39, 0.29) is 0 Å². The number of hydrogen-bond donors (Lipinski definition) is 0. The maximum atomic E-state index is 5.30. The molecule has 7 heteroatoms. The molecule has 0 fully saturated rings. The largest absolute Gasteiger partial charge is 0.309 e. The Morgan fingerprint density at radius 2 is 0.960 bits per heavy atom. The van der Waals surface area contributed by atoms with Gasteiger partial charge >= 0.3 is 0 Å². The number of fused-ring (bicyclic) bond motifs is 6. The van der Waals surface area contributed by atoms with Crippen molar-refractivity contribution in [1.82, 2.24) is 29.5 Å². The molecule has 0 bridgehead atoms. The lowest BCUT2D eigenvalue weighted by molar-refractivity contribution is 1.06. The number of para-hydroxylation sites is 2. The fourth-order valence-corrected chi connectivity index (χ4v) is 7.88. The highest BCUT2D eigenvalue weighted by atomic mass is 32.1. The van der Waals surface area contributed by atoms with Gasteiger partial charge in [-0.25, -0.2) is 24.9 Å². The fourth-order valence-electron chi connectivity index (χ4n) is 6.75. The number of rotatable bonds is 5. The molecule has 0 unspecified atom stereocenters. The number of thiophene rings is 1. The van der Waals surface area contributed by atoms with Crippen LogP contribution in [0, 0.1) is 0 Å². The summed E-state index contributed by atoms with van der Waals surface area (Å²) in [6.07, 6.45) is 0. The normalized spacial score (nSPS) is 11.6. The van der Waals surface area contributed by atoms with Crippen molar-refractivity contribution < 1.29 is 0 Å². The van der Waals surface area contributed by atoms with Crippen LogP contribution < -0.4 is 0 Å². The van der Waals surface area contributed by atoms with Crippen LogP contribution in [0.25, 0.3) is 93.5 Å². The molecule has 0 saturated carbocycles. The van der Waals surface area contributed by atoms with Crippen LogP contribution in [0.5, 0.6) is 0 Å². The standard InChI is InChI=1S/C43H26N6S/c1-4-14-27(15-5-1)40-46-41(28-16-6-2-7-17-28)48-43(47-40)38-39-37(32-21-11-13-23-36(32)50-39)44-42(45-38)29-24-25-35-33(26-29)31-20-10-12-22-34(31)49(35)30-18-8-3-9-19-30/h1-26H. The highest BCUT2D eigenvalue weighted by Crippen LogP contribution is 2.40. The Morgan fingerprint density at radius 1 is 0.400 bits per heavy atom. The predicted molar refractivity (Wildman–Crippen MR) is 204 cm³/mol. The summed E-state index contributed by atoms with van der Waals surface area (Å²) in [5.74, 6) is 2.33. The molecule has 10 aromatic rings. The number of aromatic nitrogens is 6. The molecule has 0 N–H and O–H groups in total. The average Bonchev–Trinajstić information content (AvgIpc) is 3.74. The van der Waals surface area contributed by atoms with E-state index in [1.165, 1.54) is 5.39 Å². The Balaban J connectivity index is 1.24. The highest BCUT2D eigenvalue weighted by molar-refractivity contribution is 7.26. The second-order valence-electron chi connectivity index (χ2n) is 12.1. The van der Waals surface area contributed by atoms with E-state index < -0.39 is 0 Å². The summed E-state index contributed by atoms with van der Waals surface area (Å²) < 4.78 is 4.40. The van der Waals surface area contributed by atoms with Gasteiger partial charge in [0.25, 0.3) is 0 Å². The zero-order chi connectivity index (χ0) is 33.0. The van der Waals surface area contributed by atoms with Crippen molar-refractivity contribution >= 4 is 53.4 Å². The molecule has 0 spiro atoms. The van der Waals surface area contributed by atoms with E-state index in [1.54, 1.807) is 11.3 Å². The van der Waals surface area contributed by atoms with Gasteiger partial charge in [0, 0.05) is 43.2 Å². The lowest BCUT2D eigenvalue weighted by Gasteiger charge is -2.10. The van der Waals surface area contributed by atoms with Crippen LogP contribution in [0.4, 0.5) is 0 Å². The van der Waals surface area contributed by atoms with Crippen LogP contribution in [0.3, 0.4) is 0 Å². The van der Waals surface area contributed by atoms with Gasteiger partial charge < -0.3 is 4.57 Å². The Kier molecular flexibility index (Phi) is 6.57. The minimum absolute atomic E-state index is 0.514. The van der Waals surface area contributed by atoms with E-state index >= 15 is 0 Å². The molecule has 0 saturated heterocycles. The SMILES string of the molecule is c1ccc(-c2nc(-c3ccccc3)nc(-c3nc(-c4ccc5c(c4)c4ccccc4n5-c4ccccc4)nc4c3sc3ccccc34)n2)cc1. The van der Waals surface area contributed by atoms with Crippen LogP contribution >= 0.6 is 11.3 Å². The quantitative estimate of drug-likeness (QED) is 0.184. The Hall–Kier alpha value is -6.57. The average molecular weight is 659 g/mol. The van der Waals surface area contributed by atoms with Crippen LogP contribution in [-0.4, -0.2) is 29.5 Å². The smallest absolute Gasteiger partial charge is 0.184 e. The van der Waals surface area contributed by atoms with Gasteiger partial charge in [-0.2, -0.15) is 0 Å². The van der Waals surface area contributed by atoms with Crippen molar-refractivity contribution in [3.8, 4) is 51.4 Å². The number of hydrogen-bond acceptors (Lipinski definition) is 6. The second kappa shape index (κ2) is 11.5. The third-order valence-electron chi connectivity index (χ3n) is 9.08. The van der Waals surface area contributed by atoms with Gasteiger partial charge in [0.1, 0.15) is 5.69 Å². The first kappa shape index (κ1) is 28.4. The van der Waals surface area contributed by atoms with Crippen LogP contribution in [0.1, 0.15) is 0 Å². The number of benzene rings is 6. The molecule has 6 aromatic carbocycles. The summed E-state index contributed by atoms with van der Waals surface area (Å²) in [6.45, 7) is 0. The summed E-state index contributed by atoms with van der Waals surface area (Å²) in [7, 11) is 0. The van der Waals surface area contributed by atoms with Gasteiger partial charge in [0.2, 0.25) is 0 Å². The first-order valence-electron chi connectivity index (χ1n) is 16.4. The molecular formula is C43H26N6S. The second-order valence-corrected chi connectivity index (χ2v) is 13.2. The first-order valence-corrected chi connectivity index (χ1v) is 17.3. The summed E-state index contributed by atoms with van der Waals surface area (Å²) >= 11 is 1.67. The lowest BCUT2D eigenvalue weighted by atomic mass is 10.1. The molecule has 0 amide bonds. The summed E-state index contributed by atoms with van der Waals surface area (Å²) in [5, 5.41) is 3.40. The van der Waals surface area contributed by atoms with Crippen molar-refractivity contribution in [2.45, 2.75) is 0 Å². The van der Waals surface area contributed by atoms with Gasteiger partial charge in [-0.05, 0) is 42.5 Å². The van der Waals surface area contributed by atoms with E-state index in [1.807, 2.05) is 66.7 Å². The third kappa shape index (κ3) is 4.67. The van der Waals surface area contributed by atoms with Crippen LogP contribution in [0.15, 0.2) is 158 Å². The maximum Gasteiger partial charge on any atom is 0.184 e. The predicted octanol–water partition coefficient (Wildman–Crippen LogP) is 10.8. The van der Waals surface area contributed by atoms with Crippen molar-refractivity contribution in [2.75, 3.05) is 0 Å².